The van der Waals surface area contributed by atoms with Crippen LogP contribution in [0.4, 0.5) is 4.79 Å². The van der Waals surface area contributed by atoms with Crippen LogP contribution in [-0.4, -0.2) is 35.8 Å². The van der Waals surface area contributed by atoms with Crippen LogP contribution in [0.5, 0.6) is 0 Å². The van der Waals surface area contributed by atoms with Gasteiger partial charge in [0.05, 0.1) is 6.54 Å². The molecule has 1 unspecified atom stereocenters. The smallest absolute Gasteiger partial charge is 0.321 e. The topological polar surface area (TPSA) is 87.3 Å². The predicted octanol–water partition coefficient (Wildman–Crippen LogP) is -0.282. The van der Waals surface area contributed by atoms with Gasteiger partial charge in [-0.25, -0.2) is 4.79 Å². The molecule has 0 aromatic carbocycles. The van der Waals surface area contributed by atoms with E-state index in [9.17, 15) is 14.4 Å². The molecule has 16 heavy (non-hydrogen) atoms. The van der Waals surface area contributed by atoms with Gasteiger partial charge in [-0.05, 0) is 19.8 Å². The predicted molar refractivity (Wildman–Crippen MR) is 58.0 cm³/mol. The summed E-state index contributed by atoms with van der Waals surface area (Å²) in [7, 11) is 0. The molecule has 0 bridgehead atoms. The summed E-state index contributed by atoms with van der Waals surface area (Å²) in [6, 6.07) is -0.467. The molecule has 0 saturated heterocycles. The maximum absolute atomic E-state index is 11.2. The van der Waals surface area contributed by atoms with Crippen LogP contribution in [0.2, 0.25) is 0 Å². The van der Waals surface area contributed by atoms with E-state index in [1.54, 1.807) is 0 Å². The zero-order valence-electron chi connectivity index (χ0n) is 8.88. The fraction of sp³-hybridized carbons (Fsp3) is 0.667. The van der Waals surface area contributed by atoms with Crippen molar-refractivity contribution in [1.82, 2.24) is 16.0 Å². The van der Waals surface area contributed by atoms with E-state index in [0.717, 1.165) is 12.8 Å². The van der Waals surface area contributed by atoms with Crippen molar-refractivity contribution in [3.05, 3.63) is 0 Å². The fourth-order valence-electron chi connectivity index (χ4n) is 0.922. The average molecular weight is 248 g/mol. The number of carbonyl (C=O) groups is 3. The monoisotopic (exact) mass is 247 g/mol. The summed E-state index contributed by atoms with van der Waals surface area (Å²) < 4.78 is 0. The van der Waals surface area contributed by atoms with E-state index in [1.165, 1.54) is 6.92 Å². The SMILES string of the molecule is CC(Cl)C(=O)NC(=O)NCC(=O)NC1CC1. The van der Waals surface area contributed by atoms with Gasteiger partial charge < -0.3 is 10.6 Å². The number of hydrogen-bond donors (Lipinski definition) is 3. The number of imide groups is 1. The Morgan fingerprint density at radius 2 is 2.00 bits per heavy atom. The molecule has 1 saturated carbocycles. The van der Waals surface area contributed by atoms with Gasteiger partial charge in [-0.3, -0.25) is 14.9 Å². The Balaban J connectivity index is 2.13. The van der Waals surface area contributed by atoms with Crippen LogP contribution in [0.25, 0.3) is 0 Å². The number of carbonyl (C=O) groups excluding carboxylic acids is 3. The van der Waals surface area contributed by atoms with E-state index in [2.05, 4.69) is 10.6 Å². The Hall–Kier alpha value is -1.30. The minimum atomic E-state index is -0.786. The number of hydrogen-bond acceptors (Lipinski definition) is 3. The summed E-state index contributed by atoms with van der Waals surface area (Å²) in [4.78, 5) is 33.2. The third kappa shape index (κ3) is 4.97. The molecule has 1 rings (SSSR count). The highest BCUT2D eigenvalue weighted by Gasteiger charge is 2.23. The quantitative estimate of drug-likeness (QED) is 0.597. The number of nitrogens with one attached hydrogen (secondary N) is 3. The zero-order chi connectivity index (χ0) is 12.1. The zero-order valence-corrected chi connectivity index (χ0v) is 9.63. The number of urea groups is 1. The Morgan fingerprint density at radius 3 is 2.50 bits per heavy atom. The number of halogens is 1. The van der Waals surface area contributed by atoms with Crippen LogP contribution < -0.4 is 16.0 Å². The van der Waals surface area contributed by atoms with Crippen LogP contribution in [-0.2, 0) is 9.59 Å². The highest BCUT2D eigenvalue weighted by Crippen LogP contribution is 2.18. The molecule has 0 aromatic rings. The van der Waals surface area contributed by atoms with Crippen molar-refractivity contribution in [2.45, 2.75) is 31.2 Å². The van der Waals surface area contributed by atoms with Crippen molar-refractivity contribution in [2.75, 3.05) is 6.54 Å². The lowest BCUT2D eigenvalue weighted by Gasteiger charge is -2.07. The molecule has 0 spiro atoms. The molecular weight excluding hydrogens is 234 g/mol. The second-order valence-corrected chi connectivity index (χ2v) is 4.28. The van der Waals surface area contributed by atoms with E-state index in [-0.39, 0.29) is 18.5 Å². The summed E-state index contributed by atoms with van der Waals surface area (Å²) in [6.07, 6.45) is 1.97. The molecular formula is C9H14ClN3O3. The second-order valence-electron chi connectivity index (χ2n) is 3.63. The Kier molecular flexibility index (Phi) is 4.54. The molecule has 6 nitrogen and oxygen atoms in total. The second kappa shape index (κ2) is 5.69. The molecule has 0 heterocycles. The van der Waals surface area contributed by atoms with E-state index in [4.69, 9.17) is 11.6 Å². The van der Waals surface area contributed by atoms with Crippen molar-refractivity contribution < 1.29 is 14.4 Å². The van der Waals surface area contributed by atoms with Gasteiger partial charge >= 0.3 is 6.03 Å². The molecule has 3 N–H and O–H groups in total. The molecule has 1 atom stereocenters. The van der Waals surface area contributed by atoms with Crippen LogP contribution in [0.3, 0.4) is 0 Å². The normalized spacial score (nSPS) is 16.1. The number of rotatable bonds is 4. The molecule has 0 aliphatic heterocycles. The summed E-state index contributed by atoms with van der Waals surface area (Å²) in [6.45, 7) is 1.30. The first kappa shape index (κ1) is 12.8. The average Bonchev–Trinajstić information content (AvgIpc) is 2.98. The molecule has 4 amide bonds. The van der Waals surface area contributed by atoms with Crippen LogP contribution >= 0.6 is 11.6 Å². The van der Waals surface area contributed by atoms with Gasteiger partial charge in [0.1, 0.15) is 5.38 Å². The van der Waals surface area contributed by atoms with E-state index < -0.39 is 17.3 Å². The highest BCUT2D eigenvalue weighted by atomic mass is 35.5. The van der Waals surface area contributed by atoms with Gasteiger partial charge in [-0.1, -0.05) is 0 Å². The molecule has 1 fully saturated rings. The lowest BCUT2D eigenvalue weighted by molar-refractivity contribution is -0.121. The van der Waals surface area contributed by atoms with Gasteiger partial charge in [-0.2, -0.15) is 0 Å². The number of amides is 4. The van der Waals surface area contributed by atoms with Crippen molar-refractivity contribution in [3.63, 3.8) is 0 Å². The van der Waals surface area contributed by atoms with Crippen molar-refractivity contribution in [3.8, 4) is 0 Å². The van der Waals surface area contributed by atoms with Crippen LogP contribution in [0.15, 0.2) is 0 Å². The summed E-state index contributed by atoms with van der Waals surface area (Å²) in [5.74, 6) is -0.856. The lowest BCUT2D eigenvalue weighted by Crippen LogP contribution is -2.46. The summed E-state index contributed by atoms with van der Waals surface area (Å²) >= 11 is 5.44. The van der Waals surface area contributed by atoms with Crippen LogP contribution in [0.1, 0.15) is 19.8 Å². The molecule has 7 heteroatoms. The largest absolute Gasteiger partial charge is 0.352 e. The summed E-state index contributed by atoms with van der Waals surface area (Å²) in [5, 5.41) is 6.17. The Labute approximate surface area is 98.1 Å². The minimum absolute atomic E-state index is 0.147. The first-order valence-corrected chi connectivity index (χ1v) is 5.45. The number of alkyl halides is 1. The first-order valence-electron chi connectivity index (χ1n) is 5.01. The first-order chi connectivity index (χ1) is 7.49. The molecule has 0 radical (unpaired) electrons. The maximum atomic E-state index is 11.2. The Bertz CT molecular complexity index is 302. The molecule has 1 aliphatic carbocycles. The highest BCUT2D eigenvalue weighted by molar-refractivity contribution is 6.31. The molecule has 1 aliphatic rings. The third-order valence-electron chi connectivity index (χ3n) is 1.95. The van der Waals surface area contributed by atoms with Gasteiger partial charge in [0, 0.05) is 6.04 Å². The van der Waals surface area contributed by atoms with E-state index >= 15 is 0 Å². The Morgan fingerprint density at radius 1 is 1.38 bits per heavy atom. The minimum Gasteiger partial charge on any atom is -0.352 e. The molecule has 90 valence electrons. The van der Waals surface area contributed by atoms with E-state index in [0.29, 0.717) is 0 Å². The standard InChI is InChI=1S/C9H14ClN3O3/c1-5(10)8(15)13-9(16)11-4-7(14)12-6-2-3-6/h5-6H,2-4H2,1H3,(H,12,14)(H2,11,13,15,16). The van der Waals surface area contributed by atoms with Gasteiger partial charge in [0.25, 0.3) is 0 Å². The van der Waals surface area contributed by atoms with Gasteiger partial charge in [0.15, 0.2) is 0 Å². The summed E-state index contributed by atoms with van der Waals surface area (Å²) in [5.41, 5.74) is 0. The molecule has 0 aromatic heterocycles. The van der Waals surface area contributed by atoms with Crippen molar-refractivity contribution >= 4 is 29.4 Å². The lowest BCUT2D eigenvalue weighted by atomic mass is 10.4. The van der Waals surface area contributed by atoms with Crippen molar-refractivity contribution in [2.24, 2.45) is 0 Å². The van der Waals surface area contributed by atoms with E-state index in [1.807, 2.05) is 5.32 Å². The maximum Gasteiger partial charge on any atom is 0.321 e. The van der Waals surface area contributed by atoms with Crippen molar-refractivity contribution in [1.29, 1.82) is 0 Å². The van der Waals surface area contributed by atoms with Gasteiger partial charge in [0.2, 0.25) is 11.8 Å². The van der Waals surface area contributed by atoms with Gasteiger partial charge in [-0.15, -0.1) is 11.6 Å². The fourth-order valence-corrected chi connectivity index (χ4v) is 0.977. The third-order valence-corrected chi connectivity index (χ3v) is 2.15. The van der Waals surface area contributed by atoms with Crippen LogP contribution in [0, 0.1) is 0 Å².